The fourth-order valence-electron chi connectivity index (χ4n) is 2.11. The number of anilines is 1. The van der Waals surface area contributed by atoms with Gasteiger partial charge in [0.25, 0.3) is 0 Å². The Hall–Kier alpha value is -1.56. The Morgan fingerprint density at radius 2 is 2.38 bits per heavy atom. The molecule has 3 heteroatoms. The van der Waals surface area contributed by atoms with Crippen molar-refractivity contribution in [1.29, 1.82) is 5.26 Å². The third-order valence-electron chi connectivity index (χ3n) is 3.00. The molecular weight excluding hydrogens is 198 g/mol. The van der Waals surface area contributed by atoms with E-state index in [0.29, 0.717) is 11.6 Å². The molecule has 16 heavy (non-hydrogen) atoms. The molecule has 84 valence electrons. The molecule has 1 N–H and O–H groups in total. The molecule has 1 aliphatic rings. The second-order valence-electron chi connectivity index (χ2n) is 4.53. The fraction of sp³-hybridized carbons (Fsp3) is 0.538. The van der Waals surface area contributed by atoms with Gasteiger partial charge in [0, 0.05) is 11.7 Å². The normalized spacial score (nSPS) is 22.6. The molecule has 0 aliphatic heterocycles. The van der Waals surface area contributed by atoms with Crippen molar-refractivity contribution in [2.45, 2.75) is 39.2 Å². The van der Waals surface area contributed by atoms with Crippen molar-refractivity contribution in [3.05, 3.63) is 23.4 Å². The van der Waals surface area contributed by atoms with Crippen LogP contribution in [0.4, 0.5) is 5.82 Å². The maximum Gasteiger partial charge on any atom is 0.127 e. The largest absolute Gasteiger partial charge is 0.367 e. The molecule has 1 aliphatic carbocycles. The molecule has 2 unspecified atom stereocenters. The molecule has 0 saturated heterocycles. The van der Waals surface area contributed by atoms with Crippen molar-refractivity contribution in [2.24, 2.45) is 5.92 Å². The Kier molecular flexibility index (Phi) is 3.09. The van der Waals surface area contributed by atoms with Gasteiger partial charge in [-0.3, -0.25) is 0 Å². The summed E-state index contributed by atoms with van der Waals surface area (Å²) in [6, 6.07) is 6.36. The van der Waals surface area contributed by atoms with E-state index >= 15 is 0 Å². The lowest BCUT2D eigenvalue weighted by molar-refractivity contribution is 0.692. The zero-order valence-electron chi connectivity index (χ0n) is 9.83. The standard InChI is InChI=1S/C13H17N3/c1-3-4-11-7-12(11)16-13-6-10(8-14)5-9(2)15-13/h5-6,11-12H,3-4,7H2,1-2H3,(H,15,16). The van der Waals surface area contributed by atoms with Crippen LogP contribution in [0.3, 0.4) is 0 Å². The maximum absolute atomic E-state index is 8.87. The first-order valence-corrected chi connectivity index (χ1v) is 5.88. The number of rotatable bonds is 4. The molecule has 1 aromatic rings. The van der Waals surface area contributed by atoms with Crippen LogP contribution in [-0.2, 0) is 0 Å². The summed E-state index contributed by atoms with van der Waals surface area (Å²) in [7, 11) is 0. The molecule has 1 aromatic heterocycles. The third kappa shape index (κ3) is 2.52. The first-order chi connectivity index (χ1) is 7.72. The van der Waals surface area contributed by atoms with Crippen LogP contribution < -0.4 is 5.32 Å². The summed E-state index contributed by atoms with van der Waals surface area (Å²) in [4.78, 5) is 4.39. The van der Waals surface area contributed by atoms with E-state index < -0.39 is 0 Å². The third-order valence-corrected chi connectivity index (χ3v) is 3.00. The van der Waals surface area contributed by atoms with Crippen LogP contribution in [0, 0.1) is 24.2 Å². The Morgan fingerprint density at radius 3 is 3.06 bits per heavy atom. The zero-order valence-corrected chi connectivity index (χ0v) is 9.83. The Morgan fingerprint density at radius 1 is 1.56 bits per heavy atom. The highest BCUT2D eigenvalue weighted by atomic mass is 15.0. The van der Waals surface area contributed by atoms with Gasteiger partial charge in [-0.15, -0.1) is 0 Å². The van der Waals surface area contributed by atoms with Gasteiger partial charge in [-0.25, -0.2) is 4.98 Å². The van der Waals surface area contributed by atoms with E-state index in [-0.39, 0.29) is 0 Å². The van der Waals surface area contributed by atoms with Crippen molar-refractivity contribution in [3.8, 4) is 6.07 Å². The zero-order chi connectivity index (χ0) is 11.5. The lowest BCUT2D eigenvalue weighted by Crippen LogP contribution is -2.07. The van der Waals surface area contributed by atoms with Gasteiger partial charge in [0.15, 0.2) is 0 Å². The number of hydrogen-bond donors (Lipinski definition) is 1. The number of nitrogens with one attached hydrogen (secondary N) is 1. The number of hydrogen-bond acceptors (Lipinski definition) is 3. The molecule has 3 nitrogen and oxygen atoms in total. The van der Waals surface area contributed by atoms with E-state index in [0.717, 1.165) is 17.4 Å². The molecule has 1 heterocycles. The van der Waals surface area contributed by atoms with Crippen LogP contribution >= 0.6 is 0 Å². The highest BCUT2D eigenvalue weighted by Crippen LogP contribution is 2.36. The monoisotopic (exact) mass is 215 g/mol. The van der Waals surface area contributed by atoms with Crippen molar-refractivity contribution in [3.63, 3.8) is 0 Å². The van der Waals surface area contributed by atoms with E-state index in [9.17, 15) is 0 Å². The number of pyridine rings is 1. The maximum atomic E-state index is 8.87. The second kappa shape index (κ2) is 4.52. The first kappa shape index (κ1) is 10.9. The first-order valence-electron chi connectivity index (χ1n) is 5.88. The van der Waals surface area contributed by atoms with Gasteiger partial charge < -0.3 is 5.32 Å². The number of aromatic nitrogens is 1. The highest BCUT2D eigenvalue weighted by Gasteiger charge is 2.36. The number of nitrogens with zero attached hydrogens (tertiary/aromatic N) is 2. The van der Waals surface area contributed by atoms with E-state index in [1.54, 1.807) is 0 Å². The molecule has 1 fully saturated rings. The molecule has 2 rings (SSSR count). The Bertz CT molecular complexity index is 420. The van der Waals surface area contributed by atoms with Gasteiger partial charge in [0.2, 0.25) is 0 Å². The summed E-state index contributed by atoms with van der Waals surface area (Å²) in [6.45, 7) is 4.14. The quantitative estimate of drug-likeness (QED) is 0.840. The molecule has 0 radical (unpaired) electrons. The average molecular weight is 215 g/mol. The topological polar surface area (TPSA) is 48.7 Å². The Labute approximate surface area is 96.5 Å². The van der Waals surface area contributed by atoms with Crippen molar-refractivity contribution >= 4 is 5.82 Å². The van der Waals surface area contributed by atoms with E-state index in [2.05, 4.69) is 23.3 Å². The van der Waals surface area contributed by atoms with Crippen LogP contribution in [0.5, 0.6) is 0 Å². The van der Waals surface area contributed by atoms with Gasteiger partial charge in [0.1, 0.15) is 5.82 Å². The predicted molar refractivity (Wildman–Crippen MR) is 64.1 cm³/mol. The molecule has 0 bridgehead atoms. The van der Waals surface area contributed by atoms with E-state index in [1.807, 2.05) is 19.1 Å². The molecular formula is C13H17N3. The van der Waals surface area contributed by atoms with Crippen LogP contribution in [0.2, 0.25) is 0 Å². The lowest BCUT2D eigenvalue weighted by Gasteiger charge is -2.06. The highest BCUT2D eigenvalue weighted by molar-refractivity contribution is 5.46. The van der Waals surface area contributed by atoms with Gasteiger partial charge in [-0.1, -0.05) is 13.3 Å². The summed E-state index contributed by atoms with van der Waals surface area (Å²) < 4.78 is 0. The molecule has 0 aromatic carbocycles. The summed E-state index contributed by atoms with van der Waals surface area (Å²) in [5.74, 6) is 1.65. The summed E-state index contributed by atoms with van der Waals surface area (Å²) in [5, 5.41) is 12.3. The molecule has 2 atom stereocenters. The SMILES string of the molecule is CCCC1CC1Nc1cc(C#N)cc(C)n1. The van der Waals surface area contributed by atoms with Crippen LogP contribution in [-0.4, -0.2) is 11.0 Å². The van der Waals surface area contributed by atoms with E-state index in [4.69, 9.17) is 5.26 Å². The summed E-state index contributed by atoms with van der Waals surface area (Å²) in [5.41, 5.74) is 1.58. The summed E-state index contributed by atoms with van der Waals surface area (Å²) in [6.07, 6.45) is 3.77. The second-order valence-corrected chi connectivity index (χ2v) is 4.53. The van der Waals surface area contributed by atoms with Gasteiger partial charge in [0.05, 0.1) is 11.6 Å². The Balaban J connectivity index is 2.00. The van der Waals surface area contributed by atoms with Gasteiger partial charge in [-0.05, 0) is 37.8 Å². The van der Waals surface area contributed by atoms with Gasteiger partial charge >= 0.3 is 0 Å². The van der Waals surface area contributed by atoms with Crippen LogP contribution in [0.25, 0.3) is 0 Å². The van der Waals surface area contributed by atoms with Crippen molar-refractivity contribution in [2.75, 3.05) is 5.32 Å². The van der Waals surface area contributed by atoms with Crippen LogP contribution in [0.1, 0.15) is 37.4 Å². The average Bonchev–Trinajstić information content (AvgIpc) is 2.96. The minimum Gasteiger partial charge on any atom is -0.367 e. The fourth-order valence-corrected chi connectivity index (χ4v) is 2.11. The molecule has 0 spiro atoms. The molecule has 1 saturated carbocycles. The van der Waals surface area contributed by atoms with Gasteiger partial charge in [-0.2, -0.15) is 5.26 Å². The molecule has 0 amide bonds. The number of nitriles is 1. The minimum absolute atomic E-state index is 0.570. The van der Waals surface area contributed by atoms with Crippen molar-refractivity contribution in [1.82, 2.24) is 4.98 Å². The smallest absolute Gasteiger partial charge is 0.127 e. The number of aryl methyl sites for hydroxylation is 1. The lowest BCUT2D eigenvalue weighted by atomic mass is 10.2. The van der Waals surface area contributed by atoms with Crippen LogP contribution in [0.15, 0.2) is 12.1 Å². The van der Waals surface area contributed by atoms with Crippen molar-refractivity contribution < 1.29 is 0 Å². The van der Waals surface area contributed by atoms with E-state index in [1.165, 1.54) is 19.3 Å². The minimum atomic E-state index is 0.570. The summed E-state index contributed by atoms with van der Waals surface area (Å²) >= 11 is 0. The predicted octanol–water partition coefficient (Wildman–Crippen LogP) is 2.86.